The molecular weight excluding hydrogens is 260 g/mol. The van der Waals surface area contributed by atoms with Crippen molar-refractivity contribution in [1.82, 2.24) is 10.6 Å². The number of hydrogen-bond acceptors (Lipinski definition) is 3. The van der Waals surface area contributed by atoms with Gasteiger partial charge in [0.2, 0.25) is 0 Å². The van der Waals surface area contributed by atoms with Crippen molar-refractivity contribution in [3.05, 3.63) is 30.3 Å². The van der Waals surface area contributed by atoms with E-state index in [2.05, 4.69) is 10.6 Å². The average molecular weight is 288 g/mol. The minimum Gasteiger partial charge on any atom is -0.492 e. The van der Waals surface area contributed by atoms with Crippen molar-refractivity contribution >= 4 is 0 Å². The summed E-state index contributed by atoms with van der Waals surface area (Å²) < 4.78 is 5.78. The zero-order chi connectivity index (χ0) is 14.3. The summed E-state index contributed by atoms with van der Waals surface area (Å²) in [6, 6.07) is 11.5. The van der Waals surface area contributed by atoms with E-state index >= 15 is 0 Å². The molecule has 21 heavy (non-hydrogen) atoms. The van der Waals surface area contributed by atoms with Gasteiger partial charge in [-0.1, -0.05) is 31.0 Å². The molecule has 0 aromatic heterocycles. The number of nitrogens with one attached hydrogen (secondary N) is 2. The molecule has 3 heteroatoms. The van der Waals surface area contributed by atoms with Gasteiger partial charge in [-0.05, 0) is 50.3 Å². The van der Waals surface area contributed by atoms with Gasteiger partial charge in [-0.3, -0.25) is 0 Å². The van der Waals surface area contributed by atoms with E-state index in [1.54, 1.807) is 0 Å². The highest BCUT2D eigenvalue weighted by Gasteiger charge is 2.32. The monoisotopic (exact) mass is 288 g/mol. The van der Waals surface area contributed by atoms with Gasteiger partial charge in [-0.25, -0.2) is 0 Å². The molecule has 1 saturated heterocycles. The van der Waals surface area contributed by atoms with Gasteiger partial charge in [-0.15, -0.1) is 0 Å². The minimum absolute atomic E-state index is 0.675. The van der Waals surface area contributed by atoms with Crippen LogP contribution in [0.4, 0.5) is 0 Å². The molecule has 1 saturated carbocycles. The van der Waals surface area contributed by atoms with Crippen molar-refractivity contribution in [3.63, 3.8) is 0 Å². The molecule has 1 aliphatic heterocycles. The van der Waals surface area contributed by atoms with Crippen molar-refractivity contribution in [2.75, 3.05) is 19.7 Å². The van der Waals surface area contributed by atoms with Gasteiger partial charge in [0.05, 0.1) is 0 Å². The van der Waals surface area contributed by atoms with Gasteiger partial charge in [0.25, 0.3) is 0 Å². The molecule has 3 unspecified atom stereocenters. The summed E-state index contributed by atoms with van der Waals surface area (Å²) in [5, 5.41) is 7.46. The third kappa shape index (κ3) is 4.21. The second-order valence-corrected chi connectivity index (χ2v) is 6.37. The van der Waals surface area contributed by atoms with Gasteiger partial charge >= 0.3 is 0 Å². The van der Waals surface area contributed by atoms with Gasteiger partial charge in [-0.2, -0.15) is 0 Å². The zero-order valence-electron chi connectivity index (χ0n) is 12.9. The highest BCUT2D eigenvalue weighted by molar-refractivity contribution is 5.20. The van der Waals surface area contributed by atoms with Crippen LogP contribution in [0.5, 0.6) is 5.75 Å². The van der Waals surface area contributed by atoms with Gasteiger partial charge in [0.15, 0.2) is 0 Å². The predicted molar refractivity (Wildman–Crippen MR) is 86.7 cm³/mol. The van der Waals surface area contributed by atoms with Crippen LogP contribution in [-0.2, 0) is 0 Å². The molecule has 1 aromatic rings. The Morgan fingerprint density at radius 2 is 1.90 bits per heavy atom. The van der Waals surface area contributed by atoms with Crippen LogP contribution in [0.15, 0.2) is 30.3 Å². The summed E-state index contributed by atoms with van der Waals surface area (Å²) in [5.74, 6) is 1.79. The largest absolute Gasteiger partial charge is 0.492 e. The smallest absolute Gasteiger partial charge is 0.119 e. The van der Waals surface area contributed by atoms with E-state index in [1.165, 1.54) is 45.1 Å². The molecule has 0 bridgehead atoms. The molecule has 1 heterocycles. The van der Waals surface area contributed by atoms with E-state index in [0.717, 1.165) is 30.9 Å². The van der Waals surface area contributed by atoms with E-state index in [9.17, 15) is 0 Å². The summed E-state index contributed by atoms with van der Waals surface area (Å²) in [7, 11) is 0. The van der Waals surface area contributed by atoms with Crippen molar-refractivity contribution in [2.24, 2.45) is 5.92 Å². The summed E-state index contributed by atoms with van der Waals surface area (Å²) in [5.41, 5.74) is 0. The summed E-state index contributed by atoms with van der Waals surface area (Å²) in [4.78, 5) is 0. The standard InChI is InChI=1S/C18H28N2O/c1-2-7-15(8-3-1)21-14-13-20-17-10-5-4-9-16(17)18-11-6-12-19-18/h1-3,7-8,16-20H,4-6,9-14H2. The first-order chi connectivity index (χ1) is 10.4. The fourth-order valence-electron chi connectivity index (χ4n) is 3.90. The summed E-state index contributed by atoms with van der Waals surface area (Å²) >= 11 is 0. The quantitative estimate of drug-likeness (QED) is 0.790. The van der Waals surface area contributed by atoms with Crippen molar-refractivity contribution < 1.29 is 4.74 Å². The highest BCUT2D eigenvalue weighted by atomic mass is 16.5. The Morgan fingerprint density at radius 3 is 2.71 bits per heavy atom. The molecule has 0 amide bonds. The molecular formula is C18H28N2O. The molecule has 0 radical (unpaired) electrons. The molecule has 3 atom stereocenters. The Balaban J connectivity index is 1.42. The first-order valence-corrected chi connectivity index (χ1v) is 8.58. The Bertz CT molecular complexity index is 403. The Hall–Kier alpha value is -1.06. The molecule has 0 spiro atoms. The second kappa shape index (κ2) is 7.81. The number of benzene rings is 1. The maximum absolute atomic E-state index is 5.78. The van der Waals surface area contributed by atoms with Gasteiger partial charge in [0, 0.05) is 18.6 Å². The van der Waals surface area contributed by atoms with E-state index in [1.807, 2.05) is 30.3 Å². The van der Waals surface area contributed by atoms with Crippen LogP contribution in [-0.4, -0.2) is 31.8 Å². The third-order valence-corrected chi connectivity index (χ3v) is 4.96. The second-order valence-electron chi connectivity index (χ2n) is 6.37. The Labute approximate surface area is 128 Å². The lowest BCUT2D eigenvalue weighted by Gasteiger charge is -2.36. The third-order valence-electron chi connectivity index (χ3n) is 4.96. The molecule has 2 aliphatic rings. The van der Waals surface area contributed by atoms with Crippen LogP contribution in [0.3, 0.4) is 0 Å². The normalized spacial score (nSPS) is 29.4. The molecule has 116 valence electrons. The molecule has 1 aromatic carbocycles. The van der Waals surface area contributed by atoms with Gasteiger partial charge in [0.1, 0.15) is 12.4 Å². The summed E-state index contributed by atoms with van der Waals surface area (Å²) in [6.07, 6.45) is 8.21. The zero-order valence-corrected chi connectivity index (χ0v) is 12.9. The lowest BCUT2D eigenvalue weighted by Crippen LogP contribution is -2.47. The fraction of sp³-hybridized carbons (Fsp3) is 0.667. The van der Waals surface area contributed by atoms with Crippen molar-refractivity contribution in [2.45, 2.75) is 50.6 Å². The number of ether oxygens (including phenoxy) is 1. The van der Waals surface area contributed by atoms with Crippen LogP contribution >= 0.6 is 0 Å². The predicted octanol–water partition coefficient (Wildman–Crippen LogP) is 2.97. The summed E-state index contributed by atoms with van der Waals surface area (Å²) in [6.45, 7) is 2.92. The number of hydrogen-bond donors (Lipinski definition) is 2. The molecule has 3 rings (SSSR count). The lowest BCUT2D eigenvalue weighted by molar-refractivity contribution is 0.203. The van der Waals surface area contributed by atoms with Crippen LogP contribution in [0.1, 0.15) is 38.5 Å². The van der Waals surface area contributed by atoms with Crippen molar-refractivity contribution in [1.29, 1.82) is 0 Å². The lowest BCUT2D eigenvalue weighted by atomic mass is 9.79. The molecule has 2 N–H and O–H groups in total. The van der Waals surface area contributed by atoms with Crippen molar-refractivity contribution in [3.8, 4) is 5.75 Å². The minimum atomic E-state index is 0.675. The fourth-order valence-corrected chi connectivity index (χ4v) is 3.90. The van der Waals surface area contributed by atoms with E-state index in [0.29, 0.717) is 6.04 Å². The Kier molecular flexibility index (Phi) is 5.53. The average Bonchev–Trinajstić information content (AvgIpc) is 3.07. The number of para-hydroxylation sites is 1. The van der Waals surface area contributed by atoms with Gasteiger partial charge < -0.3 is 15.4 Å². The maximum atomic E-state index is 5.78. The van der Waals surface area contributed by atoms with Crippen LogP contribution in [0, 0.1) is 5.92 Å². The molecule has 3 nitrogen and oxygen atoms in total. The molecule has 2 fully saturated rings. The topological polar surface area (TPSA) is 33.3 Å². The van der Waals surface area contributed by atoms with Crippen LogP contribution in [0.25, 0.3) is 0 Å². The van der Waals surface area contributed by atoms with E-state index < -0.39 is 0 Å². The van der Waals surface area contributed by atoms with Crippen LogP contribution < -0.4 is 15.4 Å². The number of rotatable bonds is 6. The van der Waals surface area contributed by atoms with E-state index in [4.69, 9.17) is 4.74 Å². The first-order valence-electron chi connectivity index (χ1n) is 8.58. The molecule has 1 aliphatic carbocycles. The first kappa shape index (κ1) is 14.9. The SMILES string of the molecule is c1ccc(OCCNC2CCCCC2C2CCCN2)cc1. The van der Waals surface area contributed by atoms with E-state index in [-0.39, 0.29) is 0 Å². The maximum Gasteiger partial charge on any atom is 0.119 e. The highest BCUT2D eigenvalue weighted by Crippen LogP contribution is 2.30. The Morgan fingerprint density at radius 1 is 1.05 bits per heavy atom. The van der Waals surface area contributed by atoms with Crippen LogP contribution in [0.2, 0.25) is 0 Å².